The lowest BCUT2D eigenvalue weighted by Gasteiger charge is -2.09. The molecule has 4 aromatic heterocycles. The highest BCUT2D eigenvalue weighted by molar-refractivity contribution is 6.05. The fraction of sp³-hybridized carbons (Fsp3) is 0.160. The zero-order valence-electron chi connectivity index (χ0n) is 18.4. The van der Waals surface area contributed by atoms with E-state index in [9.17, 15) is 9.59 Å². The minimum absolute atomic E-state index is 0.123. The van der Waals surface area contributed by atoms with Gasteiger partial charge in [-0.15, -0.1) is 0 Å². The molecular formula is C25H21N5O3. The fourth-order valence-corrected chi connectivity index (χ4v) is 3.91. The molecule has 4 heterocycles. The Morgan fingerprint density at radius 1 is 1.03 bits per heavy atom. The second-order valence-electron chi connectivity index (χ2n) is 7.93. The van der Waals surface area contributed by atoms with Gasteiger partial charge in [0.15, 0.2) is 5.65 Å². The van der Waals surface area contributed by atoms with Gasteiger partial charge in [-0.3, -0.25) is 13.9 Å². The molecule has 33 heavy (non-hydrogen) atoms. The predicted octanol–water partition coefficient (Wildman–Crippen LogP) is 3.62. The molecule has 0 bridgehead atoms. The molecule has 5 rings (SSSR count). The molecule has 0 unspecified atom stereocenters. The number of benzene rings is 1. The van der Waals surface area contributed by atoms with Crippen LogP contribution in [0.3, 0.4) is 0 Å². The van der Waals surface area contributed by atoms with Gasteiger partial charge in [-0.1, -0.05) is 36.4 Å². The number of aryl methyl sites for hydroxylation is 3. The number of rotatable bonds is 4. The third kappa shape index (κ3) is 3.76. The molecule has 0 aliphatic carbocycles. The standard InChI is InChI=1S/C25H21N5O3/c1-15-9-10-21-26-18(11-22(31)30(21)13-15)14-33-25(32)19-12-20(17-7-5-4-6-8-17)27-24-23(19)16(2)28-29(24)3/h4-13H,14H2,1-3H3. The van der Waals surface area contributed by atoms with E-state index in [2.05, 4.69) is 10.1 Å². The molecule has 0 atom stereocenters. The Bertz CT molecular complexity index is 1590. The van der Waals surface area contributed by atoms with E-state index >= 15 is 0 Å². The Labute approximate surface area is 189 Å². The lowest BCUT2D eigenvalue weighted by molar-refractivity contribution is 0.0470. The molecule has 164 valence electrons. The first-order valence-electron chi connectivity index (χ1n) is 10.5. The van der Waals surface area contributed by atoms with Crippen LogP contribution in [0.4, 0.5) is 0 Å². The summed E-state index contributed by atoms with van der Waals surface area (Å²) >= 11 is 0. The van der Waals surface area contributed by atoms with Gasteiger partial charge in [0, 0.05) is 24.9 Å². The minimum atomic E-state index is -0.526. The van der Waals surface area contributed by atoms with Crippen LogP contribution < -0.4 is 5.56 Å². The smallest absolute Gasteiger partial charge is 0.339 e. The minimum Gasteiger partial charge on any atom is -0.456 e. The number of hydrogen-bond donors (Lipinski definition) is 0. The van der Waals surface area contributed by atoms with Gasteiger partial charge in [0.2, 0.25) is 0 Å². The van der Waals surface area contributed by atoms with Crippen LogP contribution in [0.1, 0.15) is 27.3 Å². The summed E-state index contributed by atoms with van der Waals surface area (Å²) in [5, 5.41) is 5.07. The van der Waals surface area contributed by atoms with Crippen LogP contribution in [-0.2, 0) is 18.4 Å². The van der Waals surface area contributed by atoms with Crippen molar-refractivity contribution < 1.29 is 9.53 Å². The molecule has 5 aromatic rings. The maximum Gasteiger partial charge on any atom is 0.339 e. The zero-order chi connectivity index (χ0) is 23.1. The topological polar surface area (TPSA) is 91.4 Å². The quantitative estimate of drug-likeness (QED) is 0.397. The number of nitrogens with zero attached hydrogens (tertiary/aromatic N) is 5. The summed E-state index contributed by atoms with van der Waals surface area (Å²) in [6.07, 6.45) is 1.73. The van der Waals surface area contributed by atoms with Crippen molar-refractivity contribution in [2.45, 2.75) is 20.5 Å². The molecule has 1 aromatic carbocycles. The molecule has 0 amide bonds. The summed E-state index contributed by atoms with van der Waals surface area (Å²) in [6, 6.07) is 16.4. The second kappa shape index (κ2) is 7.98. The first-order chi connectivity index (χ1) is 15.9. The van der Waals surface area contributed by atoms with E-state index in [0.29, 0.717) is 39.3 Å². The van der Waals surface area contributed by atoms with Gasteiger partial charge in [-0.05, 0) is 31.5 Å². The van der Waals surface area contributed by atoms with Crippen LogP contribution in [0, 0.1) is 13.8 Å². The van der Waals surface area contributed by atoms with E-state index in [0.717, 1.165) is 11.1 Å². The van der Waals surface area contributed by atoms with Crippen molar-refractivity contribution in [3.63, 3.8) is 0 Å². The van der Waals surface area contributed by atoms with Crippen molar-refractivity contribution in [2.75, 3.05) is 0 Å². The van der Waals surface area contributed by atoms with Gasteiger partial charge < -0.3 is 4.74 Å². The predicted molar refractivity (Wildman–Crippen MR) is 124 cm³/mol. The van der Waals surface area contributed by atoms with Gasteiger partial charge >= 0.3 is 5.97 Å². The summed E-state index contributed by atoms with van der Waals surface area (Å²) in [7, 11) is 1.79. The van der Waals surface area contributed by atoms with E-state index < -0.39 is 5.97 Å². The molecule has 0 saturated heterocycles. The third-order valence-corrected chi connectivity index (χ3v) is 5.47. The largest absolute Gasteiger partial charge is 0.456 e. The Kier molecular flexibility index (Phi) is 4.97. The summed E-state index contributed by atoms with van der Waals surface area (Å²) in [5.41, 5.74) is 4.79. The highest BCUT2D eigenvalue weighted by Gasteiger charge is 2.20. The van der Waals surface area contributed by atoms with Gasteiger partial charge in [-0.2, -0.15) is 5.10 Å². The molecule has 0 aliphatic heterocycles. The van der Waals surface area contributed by atoms with Crippen LogP contribution in [-0.4, -0.2) is 30.1 Å². The third-order valence-electron chi connectivity index (χ3n) is 5.47. The number of carbonyl (C=O) groups excluding carboxylic acids is 1. The first kappa shape index (κ1) is 20.6. The maximum atomic E-state index is 13.2. The molecule has 8 heteroatoms. The van der Waals surface area contributed by atoms with Crippen molar-refractivity contribution >= 4 is 22.6 Å². The number of esters is 1. The highest BCUT2D eigenvalue weighted by Crippen LogP contribution is 2.27. The van der Waals surface area contributed by atoms with Gasteiger partial charge in [0.1, 0.15) is 12.3 Å². The lowest BCUT2D eigenvalue weighted by Crippen LogP contribution is -2.17. The lowest BCUT2D eigenvalue weighted by atomic mass is 10.1. The van der Waals surface area contributed by atoms with Crippen molar-refractivity contribution in [1.29, 1.82) is 0 Å². The van der Waals surface area contributed by atoms with E-state index in [1.165, 1.54) is 10.5 Å². The fourth-order valence-electron chi connectivity index (χ4n) is 3.91. The van der Waals surface area contributed by atoms with E-state index in [4.69, 9.17) is 9.72 Å². The maximum absolute atomic E-state index is 13.2. The van der Waals surface area contributed by atoms with E-state index in [1.54, 1.807) is 30.1 Å². The van der Waals surface area contributed by atoms with Gasteiger partial charge in [-0.25, -0.2) is 14.8 Å². The van der Waals surface area contributed by atoms with Crippen molar-refractivity contribution in [1.82, 2.24) is 24.1 Å². The molecule has 0 aliphatic rings. The van der Waals surface area contributed by atoms with Crippen LogP contribution in [0.2, 0.25) is 0 Å². The summed E-state index contributed by atoms with van der Waals surface area (Å²) < 4.78 is 8.72. The number of pyridine rings is 2. The van der Waals surface area contributed by atoms with Crippen LogP contribution in [0.25, 0.3) is 27.9 Å². The molecule has 0 N–H and O–H groups in total. The molecule has 0 radical (unpaired) electrons. The number of aromatic nitrogens is 5. The Balaban J connectivity index is 1.51. The van der Waals surface area contributed by atoms with Crippen LogP contribution in [0.5, 0.6) is 0 Å². The number of ether oxygens (including phenoxy) is 1. The Morgan fingerprint density at radius 2 is 1.82 bits per heavy atom. The summed E-state index contributed by atoms with van der Waals surface area (Å²) in [4.78, 5) is 34.8. The summed E-state index contributed by atoms with van der Waals surface area (Å²) in [5.74, 6) is -0.526. The first-order valence-corrected chi connectivity index (χ1v) is 10.5. The van der Waals surface area contributed by atoms with E-state index in [1.807, 2.05) is 50.2 Å². The van der Waals surface area contributed by atoms with Crippen molar-refractivity contribution in [3.05, 3.63) is 93.7 Å². The zero-order valence-corrected chi connectivity index (χ0v) is 18.4. The van der Waals surface area contributed by atoms with E-state index in [-0.39, 0.29) is 12.2 Å². The number of hydrogen-bond acceptors (Lipinski definition) is 6. The van der Waals surface area contributed by atoms with Gasteiger partial charge in [0.05, 0.1) is 28.0 Å². The summed E-state index contributed by atoms with van der Waals surface area (Å²) in [6.45, 7) is 3.61. The molecule has 0 fully saturated rings. The monoisotopic (exact) mass is 439 g/mol. The molecular weight excluding hydrogens is 418 g/mol. The van der Waals surface area contributed by atoms with Crippen LogP contribution >= 0.6 is 0 Å². The average Bonchev–Trinajstić information content (AvgIpc) is 3.11. The molecule has 8 nitrogen and oxygen atoms in total. The number of fused-ring (bicyclic) bond motifs is 2. The van der Waals surface area contributed by atoms with Crippen molar-refractivity contribution in [2.24, 2.45) is 7.05 Å². The van der Waals surface area contributed by atoms with Crippen molar-refractivity contribution in [3.8, 4) is 11.3 Å². The number of carbonyl (C=O) groups is 1. The second-order valence-corrected chi connectivity index (χ2v) is 7.93. The molecule has 0 saturated carbocycles. The average molecular weight is 439 g/mol. The van der Waals surface area contributed by atoms with Gasteiger partial charge in [0.25, 0.3) is 5.56 Å². The molecule has 0 spiro atoms. The normalized spacial score (nSPS) is 11.2. The SMILES string of the molecule is Cc1ccc2nc(COC(=O)c3cc(-c4ccccc4)nc4c3c(C)nn4C)cc(=O)n2c1. The Morgan fingerprint density at radius 3 is 2.61 bits per heavy atom. The highest BCUT2D eigenvalue weighted by atomic mass is 16.5. The van der Waals surface area contributed by atoms with Crippen LogP contribution in [0.15, 0.2) is 65.6 Å². The Hall–Kier alpha value is -4.33.